The maximum Gasteiger partial charge on any atom is 0.162 e. The Kier molecular flexibility index (Phi) is 4.86. The van der Waals surface area contributed by atoms with Crippen molar-refractivity contribution in [1.82, 2.24) is 9.47 Å². The molecule has 0 spiro atoms. The van der Waals surface area contributed by atoms with Crippen molar-refractivity contribution in [3.8, 4) is 11.5 Å². The second-order valence-electron chi connectivity index (χ2n) is 6.87. The Bertz CT molecular complexity index is 920. The molecule has 1 aromatic heterocycles. The van der Waals surface area contributed by atoms with Gasteiger partial charge in [-0.1, -0.05) is 24.3 Å². The van der Waals surface area contributed by atoms with E-state index in [0.717, 1.165) is 30.6 Å². The van der Waals surface area contributed by atoms with E-state index in [9.17, 15) is 9.50 Å². The minimum atomic E-state index is -0.236. The van der Waals surface area contributed by atoms with Crippen LogP contribution in [-0.4, -0.2) is 28.2 Å². The Morgan fingerprint density at radius 1 is 1.07 bits per heavy atom. The molecule has 1 N–H and O–H groups in total. The summed E-state index contributed by atoms with van der Waals surface area (Å²) < 4.78 is 21.0. The molecule has 1 aliphatic rings. The van der Waals surface area contributed by atoms with Gasteiger partial charge in [0, 0.05) is 37.1 Å². The molecule has 27 heavy (non-hydrogen) atoms. The number of phenols is 1. The van der Waals surface area contributed by atoms with Gasteiger partial charge in [0.15, 0.2) is 11.5 Å². The van der Waals surface area contributed by atoms with E-state index in [-0.39, 0.29) is 17.6 Å². The number of phenolic OH excluding ortho intramolecular Hbond substituents is 1. The van der Waals surface area contributed by atoms with Gasteiger partial charge in [-0.3, -0.25) is 4.90 Å². The molecular weight excluding hydrogens is 343 g/mol. The van der Waals surface area contributed by atoms with Crippen molar-refractivity contribution in [3.63, 3.8) is 0 Å². The molecule has 1 atom stereocenters. The Morgan fingerprint density at radius 3 is 2.67 bits per heavy atom. The van der Waals surface area contributed by atoms with Crippen LogP contribution in [0.1, 0.15) is 29.3 Å². The van der Waals surface area contributed by atoms with E-state index in [1.165, 1.54) is 17.8 Å². The Morgan fingerprint density at radius 2 is 1.89 bits per heavy atom. The first-order chi connectivity index (χ1) is 13.2. The largest absolute Gasteiger partial charge is 0.504 e. The summed E-state index contributed by atoms with van der Waals surface area (Å²) in [5.41, 5.74) is 3.04. The molecule has 1 aliphatic heterocycles. The Balaban J connectivity index is 1.74. The number of nitrogens with zero attached hydrogens (tertiary/aromatic N) is 2. The average molecular weight is 366 g/mol. The number of aryl methyl sites for hydroxylation is 1. The standard InChI is InChI=1S/C22H23FN2O2/c1-27-20-7-2-5-17(22(20)26)15-25-14-4-13-24-12-3-6-19(24)21(25)16-8-10-18(23)11-9-16/h2-3,5-12,21,26H,4,13-15H2,1H3. The number of halogens is 1. The number of aromatic nitrogens is 1. The lowest BCUT2D eigenvalue weighted by molar-refractivity contribution is 0.217. The van der Waals surface area contributed by atoms with Crippen molar-refractivity contribution < 1.29 is 14.2 Å². The molecule has 4 nitrogen and oxygen atoms in total. The second-order valence-corrected chi connectivity index (χ2v) is 6.87. The van der Waals surface area contributed by atoms with Gasteiger partial charge in [0.25, 0.3) is 0 Å². The maximum atomic E-state index is 13.5. The molecule has 2 aromatic carbocycles. The predicted octanol–water partition coefficient (Wildman–Crippen LogP) is 4.34. The monoisotopic (exact) mass is 366 g/mol. The minimum absolute atomic E-state index is 0.00583. The molecule has 0 amide bonds. The van der Waals surface area contributed by atoms with E-state index in [1.54, 1.807) is 13.2 Å². The third-order valence-corrected chi connectivity index (χ3v) is 5.22. The lowest BCUT2D eigenvalue weighted by Gasteiger charge is -2.31. The highest BCUT2D eigenvalue weighted by Gasteiger charge is 2.28. The van der Waals surface area contributed by atoms with Crippen LogP contribution in [0.2, 0.25) is 0 Å². The summed E-state index contributed by atoms with van der Waals surface area (Å²) in [5.74, 6) is 0.418. The minimum Gasteiger partial charge on any atom is -0.504 e. The summed E-state index contributed by atoms with van der Waals surface area (Å²) in [7, 11) is 1.55. The van der Waals surface area contributed by atoms with Crippen LogP contribution in [-0.2, 0) is 13.1 Å². The topological polar surface area (TPSA) is 37.6 Å². The van der Waals surface area contributed by atoms with Crippen molar-refractivity contribution in [2.45, 2.75) is 25.6 Å². The first kappa shape index (κ1) is 17.6. The van der Waals surface area contributed by atoms with Crippen LogP contribution < -0.4 is 4.74 Å². The molecule has 0 saturated carbocycles. The van der Waals surface area contributed by atoms with Crippen LogP contribution in [0.25, 0.3) is 0 Å². The van der Waals surface area contributed by atoms with Crippen LogP contribution in [0.5, 0.6) is 11.5 Å². The highest BCUT2D eigenvalue weighted by Crippen LogP contribution is 2.36. The summed E-state index contributed by atoms with van der Waals surface area (Å²) in [6, 6.07) is 16.4. The van der Waals surface area contributed by atoms with Crippen molar-refractivity contribution in [2.24, 2.45) is 0 Å². The van der Waals surface area contributed by atoms with E-state index in [1.807, 2.05) is 24.3 Å². The summed E-state index contributed by atoms with van der Waals surface area (Å²) in [4.78, 5) is 2.33. The molecule has 140 valence electrons. The molecule has 2 heterocycles. The number of para-hydroxylation sites is 1. The third-order valence-electron chi connectivity index (χ3n) is 5.22. The summed E-state index contributed by atoms with van der Waals surface area (Å²) >= 11 is 0. The summed E-state index contributed by atoms with van der Waals surface area (Å²) in [6.07, 6.45) is 3.10. The fourth-order valence-electron chi connectivity index (χ4n) is 3.92. The molecule has 4 rings (SSSR count). The fraction of sp³-hybridized carbons (Fsp3) is 0.273. The normalized spacial score (nSPS) is 17.3. The van der Waals surface area contributed by atoms with Gasteiger partial charge in [-0.2, -0.15) is 0 Å². The van der Waals surface area contributed by atoms with Crippen molar-refractivity contribution >= 4 is 0 Å². The number of hydrogen-bond donors (Lipinski definition) is 1. The highest BCUT2D eigenvalue weighted by molar-refractivity contribution is 5.45. The van der Waals surface area contributed by atoms with Gasteiger partial charge in [0.05, 0.1) is 13.2 Å². The lowest BCUT2D eigenvalue weighted by Crippen LogP contribution is -2.29. The van der Waals surface area contributed by atoms with Gasteiger partial charge in [-0.15, -0.1) is 0 Å². The number of aromatic hydroxyl groups is 1. The van der Waals surface area contributed by atoms with Gasteiger partial charge in [-0.25, -0.2) is 4.39 Å². The van der Waals surface area contributed by atoms with Crippen molar-refractivity contribution in [2.75, 3.05) is 13.7 Å². The maximum absolute atomic E-state index is 13.5. The predicted molar refractivity (Wildman–Crippen MR) is 102 cm³/mol. The summed E-state index contributed by atoms with van der Waals surface area (Å²) in [6.45, 7) is 2.40. The SMILES string of the molecule is COc1cccc(CN2CCCn3cccc3C2c2ccc(F)cc2)c1O. The van der Waals surface area contributed by atoms with E-state index in [4.69, 9.17) is 4.74 Å². The zero-order valence-corrected chi connectivity index (χ0v) is 15.3. The zero-order valence-electron chi connectivity index (χ0n) is 15.3. The highest BCUT2D eigenvalue weighted by atomic mass is 19.1. The van der Waals surface area contributed by atoms with E-state index >= 15 is 0 Å². The fourth-order valence-corrected chi connectivity index (χ4v) is 3.92. The van der Waals surface area contributed by atoms with Crippen molar-refractivity contribution in [1.29, 1.82) is 0 Å². The zero-order chi connectivity index (χ0) is 18.8. The van der Waals surface area contributed by atoms with Gasteiger partial charge >= 0.3 is 0 Å². The number of ether oxygens (including phenoxy) is 1. The van der Waals surface area contributed by atoms with E-state index in [0.29, 0.717) is 12.3 Å². The van der Waals surface area contributed by atoms with Crippen LogP contribution >= 0.6 is 0 Å². The first-order valence-electron chi connectivity index (χ1n) is 9.17. The average Bonchev–Trinajstić information content (AvgIpc) is 3.06. The summed E-state index contributed by atoms with van der Waals surface area (Å²) in [5, 5.41) is 10.5. The number of hydrogen-bond acceptors (Lipinski definition) is 3. The van der Waals surface area contributed by atoms with Crippen LogP contribution in [0, 0.1) is 5.82 Å². The van der Waals surface area contributed by atoms with Crippen LogP contribution in [0.3, 0.4) is 0 Å². The Hall–Kier alpha value is -2.79. The second kappa shape index (κ2) is 7.45. The van der Waals surface area contributed by atoms with Gasteiger partial charge in [0.1, 0.15) is 5.82 Å². The van der Waals surface area contributed by atoms with Crippen molar-refractivity contribution in [3.05, 3.63) is 83.4 Å². The van der Waals surface area contributed by atoms with Crippen LogP contribution in [0.4, 0.5) is 4.39 Å². The Labute approximate surface area is 158 Å². The molecule has 0 aliphatic carbocycles. The van der Waals surface area contributed by atoms with E-state index < -0.39 is 0 Å². The molecule has 0 bridgehead atoms. The molecule has 0 saturated heterocycles. The molecule has 0 radical (unpaired) electrons. The van der Waals surface area contributed by atoms with Gasteiger partial charge in [-0.05, 0) is 42.3 Å². The van der Waals surface area contributed by atoms with E-state index in [2.05, 4.69) is 27.8 Å². The van der Waals surface area contributed by atoms with Gasteiger partial charge in [0.2, 0.25) is 0 Å². The number of methoxy groups -OCH3 is 1. The quantitative estimate of drug-likeness (QED) is 0.747. The molecule has 5 heteroatoms. The third kappa shape index (κ3) is 3.43. The number of benzene rings is 2. The number of rotatable bonds is 4. The number of fused-ring (bicyclic) bond motifs is 1. The molecular formula is C22H23FN2O2. The molecule has 1 unspecified atom stereocenters. The van der Waals surface area contributed by atoms with Gasteiger partial charge < -0.3 is 14.4 Å². The van der Waals surface area contributed by atoms with Crippen LogP contribution in [0.15, 0.2) is 60.8 Å². The molecule has 0 fully saturated rings. The smallest absolute Gasteiger partial charge is 0.162 e. The first-order valence-corrected chi connectivity index (χ1v) is 9.17. The lowest BCUT2D eigenvalue weighted by atomic mass is 10.0. The molecule has 3 aromatic rings.